The van der Waals surface area contributed by atoms with Crippen LogP contribution in [0, 0.1) is 11.3 Å². The van der Waals surface area contributed by atoms with E-state index in [-0.39, 0.29) is 0 Å². The van der Waals surface area contributed by atoms with Crippen LogP contribution in [0.3, 0.4) is 0 Å². The molecule has 3 fully saturated rings. The lowest BCUT2D eigenvalue weighted by Crippen LogP contribution is -2.63. The maximum Gasteiger partial charge on any atom is 0.0531 e. The van der Waals surface area contributed by atoms with Gasteiger partial charge in [-0.1, -0.05) is 0 Å². The van der Waals surface area contributed by atoms with Crippen molar-refractivity contribution in [3.8, 4) is 0 Å². The van der Waals surface area contributed by atoms with E-state index in [4.69, 9.17) is 0 Å². The summed E-state index contributed by atoms with van der Waals surface area (Å²) in [6.45, 7) is 6.48. The highest BCUT2D eigenvalue weighted by Crippen LogP contribution is 2.53. The van der Waals surface area contributed by atoms with Gasteiger partial charge in [0.25, 0.3) is 0 Å². The molecular weight excluding hydrogens is 236 g/mol. The van der Waals surface area contributed by atoms with Crippen LogP contribution in [-0.2, 0) is 0 Å². The molecule has 3 aliphatic rings. The number of hydrogen-bond donors (Lipinski definition) is 1. The van der Waals surface area contributed by atoms with Crippen LogP contribution in [0.2, 0.25) is 0 Å². The van der Waals surface area contributed by atoms with E-state index >= 15 is 0 Å². The van der Waals surface area contributed by atoms with Crippen LogP contribution in [0.25, 0.3) is 0 Å². The van der Waals surface area contributed by atoms with Crippen molar-refractivity contribution in [2.75, 3.05) is 32.7 Å². The number of nitrogens with one attached hydrogen (secondary N) is 1. The summed E-state index contributed by atoms with van der Waals surface area (Å²) in [7, 11) is 0. The van der Waals surface area contributed by atoms with Gasteiger partial charge in [0.1, 0.15) is 0 Å². The summed E-state index contributed by atoms with van der Waals surface area (Å²) in [5.74, 6) is 0.945. The van der Waals surface area contributed by atoms with Crippen LogP contribution in [0.1, 0.15) is 31.7 Å². The molecule has 1 spiro atoms. The van der Waals surface area contributed by atoms with Gasteiger partial charge in [-0.2, -0.15) is 5.10 Å². The van der Waals surface area contributed by atoms with E-state index in [1.54, 1.807) is 0 Å². The molecule has 1 aromatic rings. The fourth-order valence-corrected chi connectivity index (χ4v) is 4.34. The van der Waals surface area contributed by atoms with E-state index in [1.807, 2.05) is 12.3 Å². The van der Waals surface area contributed by atoms with Crippen molar-refractivity contribution < 1.29 is 0 Å². The Balaban J connectivity index is 1.23. The summed E-state index contributed by atoms with van der Waals surface area (Å²) in [6, 6.07) is 2.71. The molecule has 104 valence electrons. The summed E-state index contributed by atoms with van der Waals surface area (Å²) in [6.07, 6.45) is 9.45. The molecular formula is C15H24N4. The van der Waals surface area contributed by atoms with E-state index in [2.05, 4.69) is 26.2 Å². The highest BCUT2D eigenvalue weighted by Gasteiger charge is 2.52. The Morgan fingerprint density at radius 1 is 1.21 bits per heavy atom. The lowest BCUT2D eigenvalue weighted by molar-refractivity contribution is -0.0975. The van der Waals surface area contributed by atoms with Gasteiger partial charge in [-0.25, -0.2) is 0 Å². The van der Waals surface area contributed by atoms with Gasteiger partial charge in [-0.15, -0.1) is 0 Å². The molecule has 4 heteroatoms. The van der Waals surface area contributed by atoms with Gasteiger partial charge in [0.15, 0.2) is 0 Å². The van der Waals surface area contributed by atoms with Gasteiger partial charge >= 0.3 is 0 Å². The Morgan fingerprint density at radius 3 is 2.68 bits per heavy atom. The lowest BCUT2D eigenvalue weighted by atomic mass is 9.60. The third-order valence-electron chi connectivity index (χ3n) is 5.33. The number of aromatic nitrogens is 2. The Bertz CT molecular complexity index is 407. The molecule has 3 heterocycles. The highest BCUT2D eigenvalue weighted by molar-refractivity contribution is 5.06. The van der Waals surface area contributed by atoms with Crippen molar-refractivity contribution >= 4 is 0 Å². The standard InChI is InChI=1S/C15H24N4/c1-4-17-19(7-1)14-8-15(9-14)11-18(12-15)10-13-2-5-16-6-3-13/h1,4,7,13-14,16H,2-3,5-6,8-12H2. The lowest BCUT2D eigenvalue weighted by Gasteiger charge is -2.59. The maximum atomic E-state index is 4.37. The van der Waals surface area contributed by atoms with Crippen molar-refractivity contribution in [1.82, 2.24) is 20.0 Å². The zero-order valence-electron chi connectivity index (χ0n) is 11.6. The molecule has 1 aliphatic carbocycles. The number of rotatable bonds is 3. The second-order valence-corrected chi connectivity index (χ2v) is 6.91. The first-order chi connectivity index (χ1) is 9.33. The first-order valence-corrected chi connectivity index (χ1v) is 7.75. The van der Waals surface area contributed by atoms with Crippen molar-refractivity contribution in [3.63, 3.8) is 0 Å². The topological polar surface area (TPSA) is 33.1 Å². The molecule has 1 saturated carbocycles. The Labute approximate surface area is 115 Å². The minimum absolute atomic E-state index is 0.656. The van der Waals surface area contributed by atoms with Crippen LogP contribution >= 0.6 is 0 Å². The third-order valence-corrected chi connectivity index (χ3v) is 5.33. The van der Waals surface area contributed by atoms with Gasteiger partial charge in [0, 0.05) is 32.0 Å². The molecule has 4 nitrogen and oxygen atoms in total. The molecule has 4 rings (SSSR count). The van der Waals surface area contributed by atoms with Crippen LogP contribution in [0.15, 0.2) is 18.5 Å². The van der Waals surface area contributed by atoms with Crippen LogP contribution < -0.4 is 5.32 Å². The molecule has 2 saturated heterocycles. The van der Waals surface area contributed by atoms with E-state index in [0.717, 1.165) is 5.92 Å². The molecule has 0 bridgehead atoms. The smallest absolute Gasteiger partial charge is 0.0531 e. The second kappa shape index (κ2) is 4.60. The summed E-state index contributed by atoms with van der Waals surface area (Å²) >= 11 is 0. The largest absolute Gasteiger partial charge is 0.317 e. The summed E-state index contributed by atoms with van der Waals surface area (Å²) < 4.78 is 2.15. The van der Waals surface area contributed by atoms with Gasteiger partial charge in [-0.05, 0) is 56.2 Å². The highest BCUT2D eigenvalue weighted by atomic mass is 15.3. The van der Waals surface area contributed by atoms with Crippen LogP contribution in [0.4, 0.5) is 0 Å². The van der Waals surface area contributed by atoms with Gasteiger partial charge in [0.2, 0.25) is 0 Å². The first-order valence-electron chi connectivity index (χ1n) is 7.75. The number of hydrogen-bond acceptors (Lipinski definition) is 3. The molecule has 0 unspecified atom stereocenters. The molecule has 0 aromatic carbocycles. The Hall–Kier alpha value is -0.870. The zero-order valence-corrected chi connectivity index (χ0v) is 11.6. The van der Waals surface area contributed by atoms with E-state index in [1.165, 1.54) is 58.4 Å². The Morgan fingerprint density at radius 2 is 2.00 bits per heavy atom. The normalized spacial score (nSPS) is 28.2. The molecule has 2 aliphatic heterocycles. The van der Waals surface area contributed by atoms with E-state index < -0.39 is 0 Å². The van der Waals surface area contributed by atoms with E-state index in [0.29, 0.717) is 11.5 Å². The second-order valence-electron chi connectivity index (χ2n) is 6.91. The van der Waals surface area contributed by atoms with Crippen LogP contribution in [-0.4, -0.2) is 47.4 Å². The molecule has 1 aromatic heterocycles. The fourth-order valence-electron chi connectivity index (χ4n) is 4.34. The average Bonchev–Trinajstić information content (AvgIpc) is 2.85. The average molecular weight is 260 g/mol. The molecule has 19 heavy (non-hydrogen) atoms. The predicted molar refractivity (Wildman–Crippen MR) is 75.0 cm³/mol. The van der Waals surface area contributed by atoms with Gasteiger partial charge in [-0.3, -0.25) is 4.68 Å². The maximum absolute atomic E-state index is 4.37. The van der Waals surface area contributed by atoms with Crippen molar-refractivity contribution in [2.24, 2.45) is 11.3 Å². The monoisotopic (exact) mass is 260 g/mol. The summed E-state index contributed by atoms with van der Waals surface area (Å²) in [4.78, 5) is 2.69. The molecule has 1 N–H and O–H groups in total. The summed E-state index contributed by atoms with van der Waals surface area (Å²) in [5.41, 5.74) is 0.656. The fraction of sp³-hybridized carbons (Fsp3) is 0.800. The minimum atomic E-state index is 0.656. The zero-order chi connectivity index (χ0) is 12.7. The molecule has 0 amide bonds. The Kier molecular flexibility index (Phi) is 2.88. The molecule has 0 radical (unpaired) electrons. The third kappa shape index (κ3) is 2.21. The summed E-state index contributed by atoms with van der Waals surface area (Å²) in [5, 5.41) is 7.83. The number of piperidine rings is 1. The van der Waals surface area contributed by atoms with Crippen LogP contribution in [0.5, 0.6) is 0 Å². The van der Waals surface area contributed by atoms with Gasteiger partial charge in [0.05, 0.1) is 6.04 Å². The van der Waals surface area contributed by atoms with E-state index in [9.17, 15) is 0 Å². The van der Waals surface area contributed by atoms with Gasteiger partial charge < -0.3 is 10.2 Å². The SMILES string of the molecule is c1cnn(C2CC3(C2)CN(CC2CCNCC2)C3)c1. The minimum Gasteiger partial charge on any atom is -0.317 e. The predicted octanol–water partition coefficient (Wildman–Crippen LogP) is 1.52. The van der Waals surface area contributed by atoms with Crippen molar-refractivity contribution in [1.29, 1.82) is 0 Å². The number of likely N-dealkylation sites (tertiary alicyclic amines) is 1. The van der Waals surface area contributed by atoms with Crippen molar-refractivity contribution in [3.05, 3.63) is 18.5 Å². The molecule has 0 atom stereocenters. The quantitative estimate of drug-likeness (QED) is 0.894. The number of nitrogens with zero attached hydrogens (tertiary/aromatic N) is 3. The first kappa shape index (κ1) is 11.9. The van der Waals surface area contributed by atoms with Crippen molar-refractivity contribution in [2.45, 2.75) is 31.7 Å².